The molecule has 3 heterocycles. The minimum absolute atomic E-state index is 0.0462. The number of nitro benzene ring substituents is 1. The highest BCUT2D eigenvalue weighted by molar-refractivity contribution is 7.99. The topological polar surface area (TPSA) is 119 Å². The van der Waals surface area contributed by atoms with Crippen molar-refractivity contribution in [2.75, 3.05) is 11.1 Å². The number of nitrogens with zero attached hydrogens (tertiary/aromatic N) is 4. The van der Waals surface area contributed by atoms with Gasteiger partial charge in [0.1, 0.15) is 4.83 Å². The molecular formula is C24H19N5O4S2. The van der Waals surface area contributed by atoms with Crippen LogP contribution in [-0.2, 0) is 0 Å². The maximum absolute atomic E-state index is 13.4. The van der Waals surface area contributed by atoms with Crippen molar-refractivity contribution in [2.24, 2.45) is 5.10 Å². The van der Waals surface area contributed by atoms with Crippen molar-refractivity contribution in [1.82, 2.24) is 9.66 Å². The molecular weight excluding hydrogens is 486 g/mol. The third kappa shape index (κ3) is 4.02. The highest BCUT2D eigenvalue weighted by atomic mass is 32.2. The molecule has 0 saturated carbocycles. The first kappa shape index (κ1) is 22.9. The summed E-state index contributed by atoms with van der Waals surface area (Å²) in [6, 6.07) is 11.9. The number of non-ortho nitro benzene ring substituents is 1. The van der Waals surface area contributed by atoms with E-state index in [1.165, 1.54) is 39.9 Å². The molecule has 4 aromatic rings. The van der Waals surface area contributed by atoms with Crippen LogP contribution < -0.4 is 10.9 Å². The lowest BCUT2D eigenvalue weighted by atomic mass is 10.1. The predicted octanol–water partition coefficient (Wildman–Crippen LogP) is 4.90. The molecule has 0 bridgehead atoms. The Balaban J connectivity index is 1.57. The third-order valence-corrected chi connectivity index (χ3v) is 7.91. The zero-order valence-electron chi connectivity index (χ0n) is 19.0. The summed E-state index contributed by atoms with van der Waals surface area (Å²) in [5.74, 6) is 0.113. The van der Waals surface area contributed by atoms with Gasteiger partial charge in [-0.05, 0) is 37.5 Å². The first-order valence-corrected chi connectivity index (χ1v) is 12.4. The largest absolute Gasteiger partial charge is 0.321 e. The van der Waals surface area contributed by atoms with Crippen LogP contribution in [0.4, 0.5) is 11.4 Å². The van der Waals surface area contributed by atoms with Crippen LogP contribution in [0.3, 0.4) is 0 Å². The van der Waals surface area contributed by atoms with Gasteiger partial charge in [-0.25, -0.2) is 4.98 Å². The number of carbonyl (C=O) groups is 1. The van der Waals surface area contributed by atoms with Gasteiger partial charge in [0.25, 0.3) is 17.2 Å². The summed E-state index contributed by atoms with van der Waals surface area (Å²) in [6.45, 7) is 5.59. The van der Waals surface area contributed by atoms with Crippen molar-refractivity contribution < 1.29 is 9.72 Å². The molecule has 1 N–H and O–H groups in total. The van der Waals surface area contributed by atoms with E-state index in [0.29, 0.717) is 42.8 Å². The average molecular weight is 506 g/mol. The molecule has 2 aromatic carbocycles. The molecule has 0 radical (unpaired) electrons. The monoisotopic (exact) mass is 505 g/mol. The summed E-state index contributed by atoms with van der Waals surface area (Å²) >= 11 is 2.50. The zero-order chi connectivity index (χ0) is 24.9. The standard InChI is InChI=1S/C24H19N5O4S2/c1-12-6-4-7-13(2)19(12)25-21(30)20-14(3)18-22(35-20)26-24-28(23(18)31)27-17(11-34-24)15-8-5-9-16(10-15)29(32)33/h4-10H,11H2,1-3H3,(H,25,30). The lowest BCUT2D eigenvalue weighted by Crippen LogP contribution is -2.25. The molecule has 176 valence electrons. The van der Waals surface area contributed by atoms with Crippen LogP contribution in [0, 0.1) is 30.9 Å². The Morgan fingerprint density at radius 3 is 2.57 bits per heavy atom. The molecule has 0 spiro atoms. The number of hydrogen-bond donors (Lipinski definition) is 1. The van der Waals surface area contributed by atoms with E-state index in [0.717, 1.165) is 16.8 Å². The van der Waals surface area contributed by atoms with Crippen LogP contribution in [0.15, 0.2) is 57.5 Å². The van der Waals surface area contributed by atoms with E-state index < -0.39 is 4.92 Å². The number of anilines is 1. The molecule has 35 heavy (non-hydrogen) atoms. The molecule has 0 fully saturated rings. The van der Waals surface area contributed by atoms with E-state index >= 15 is 0 Å². The molecule has 0 aliphatic carbocycles. The normalized spacial score (nSPS) is 12.8. The van der Waals surface area contributed by atoms with Crippen molar-refractivity contribution in [1.29, 1.82) is 0 Å². The van der Waals surface area contributed by atoms with Gasteiger partial charge >= 0.3 is 0 Å². The predicted molar refractivity (Wildman–Crippen MR) is 138 cm³/mol. The Bertz CT molecular complexity index is 1620. The molecule has 0 atom stereocenters. The lowest BCUT2D eigenvalue weighted by molar-refractivity contribution is -0.384. The van der Waals surface area contributed by atoms with Crippen LogP contribution in [0.25, 0.3) is 10.2 Å². The van der Waals surface area contributed by atoms with Crippen LogP contribution in [0.1, 0.15) is 31.9 Å². The van der Waals surface area contributed by atoms with Crippen LogP contribution in [-0.4, -0.2) is 32.0 Å². The van der Waals surface area contributed by atoms with E-state index in [9.17, 15) is 19.7 Å². The van der Waals surface area contributed by atoms with Gasteiger partial charge in [-0.15, -0.1) is 11.3 Å². The van der Waals surface area contributed by atoms with E-state index in [-0.39, 0.29) is 17.2 Å². The van der Waals surface area contributed by atoms with Gasteiger partial charge in [0.15, 0.2) is 5.16 Å². The second kappa shape index (κ2) is 8.75. The molecule has 1 aliphatic heterocycles. The van der Waals surface area contributed by atoms with Crippen LogP contribution >= 0.6 is 23.1 Å². The zero-order valence-corrected chi connectivity index (χ0v) is 20.6. The van der Waals surface area contributed by atoms with E-state index in [1.54, 1.807) is 19.1 Å². The molecule has 1 aliphatic rings. The second-order valence-electron chi connectivity index (χ2n) is 8.11. The minimum atomic E-state index is -0.467. The molecule has 9 nitrogen and oxygen atoms in total. The second-order valence-corrected chi connectivity index (χ2v) is 10.1. The number of carbonyl (C=O) groups excluding carboxylic acids is 1. The molecule has 1 amide bonds. The molecule has 5 rings (SSSR count). The smallest absolute Gasteiger partial charge is 0.283 e. The fraction of sp³-hybridized carbons (Fsp3) is 0.167. The molecule has 11 heteroatoms. The Labute approximate surface area is 207 Å². The van der Waals surface area contributed by atoms with Gasteiger partial charge < -0.3 is 5.32 Å². The van der Waals surface area contributed by atoms with Crippen molar-refractivity contribution in [3.63, 3.8) is 0 Å². The van der Waals surface area contributed by atoms with Gasteiger partial charge in [-0.1, -0.05) is 42.1 Å². The van der Waals surface area contributed by atoms with Crippen molar-refractivity contribution >= 4 is 56.3 Å². The molecule has 0 unspecified atom stereocenters. The highest BCUT2D eigenvalue weighted by Crippen LogP contribution is 2.32. The Morgan fingerprint density at radius 2 is 1.86 bits per heavy atom. The fourth-order valence-electron chi connectivity index (χ4n) is 3.96. The first-order valence-electron chi connectivity index (χ1n) is 10.6. The number of thiophene rings is 1. The maximum Gasteiger partial charge on any atom is 0.283 e. The highest BCUT2D eigenvalue weighted by Gasteiger charge is 2.25. The SMILES string of the molecule is Cc1cccc(C)c1NC(=O)c1sc2nc3n(c(=O)c2c1C)N=C(c1cccc([N+](=O)[O-])c1)CS3. The number of nitrogens with one attached hydrogen (secondary N) is 1. The first-order chi connectivity index (χ1) is 16.7. The summed E-state index contributed by atoms with van der Waals surface area (Å²) in [5, 5.41) is 19.4. The summed E-state index contributed by atoms with van der Waals surface area (Å²) < 4.78 is 1.22. The van der Waals surface area contributed by atoms with Crippen molar-refractivity contribution in [2.45, 2.75) is 25.9 Å². The van der Waals surface area contributed by atoms with Gasteiger partial charge in [0.2, 0.25) is 0 Å². The fourth-order valence-corrected chi connectivity index (χ4v) is 5.98. The average Bonchev–Trinajstić information content (AvgIpc) is 3.18. The van der Waals surface area contributed by atoms with Crippen molar-refractivity contribution in [3.05, 3.63) is 90.1 Å². The number of aromatic nitrogens is 2. The van der Waals surface area contributed by atoms with Crippen molar-refractivity contribution in [3.8, 4) is 0 Å². The minimum Gasteiger partial charge on any atom is -0.321 e. The van der Waals surface area contributed by atoms with E-state index in [1.807, 2.05) is 32.0 Å². The van der Waals surface area contributed by atoms with Crippen LogP contribution in [0.2, 0.25) is 0 Å². The van der Waals surface area contributed by atoms with Crippen LogP contribution in [0.5, 0.6) is 0 Å². The quantitative estimate of drug-likeness (QED) is 0.239. The maximum atomic E-state index is 13.4. The van der Waals surface area contributed by atoms with Gasteiger partial charge in [0.05, 0.1) is 20.9 Å². The third-order valence-electron chi connectivity index (χ3n) is 5.79. The van der Waals surface area contributed by atoms with Gasteiger partial charge in [-0.3, -0.25) is 19.7 Å². The number of aryl methyl sites for hydroxylation is 3. The number of rotatable bonds is 4. The number of benzene rings is 2. The summed E-state index contributed by atoms with van der Waals surface area (Å²) in [5.41, 5.74) is 3.88. The van der Waals surface area contributed by atoms with E-state index in [2.05, 4.69) is 15.4 Å². The number of para-hydroxylation sites is 1. The number of fused-ring (bicyclic) bond motifs is 2. The lowest BCUT2D eigenvalue weighted by Gasteiger charge is -2.15. The number of thioether (sulfide) groups is 1. The Kier molecular flexibility index (Phi) is 5.73. The number of nitro groups is 1. The van der Waals surface area contributed by atoms with Gasteiger partial charge in [0, 0.05) is 29.1 Å². The summed E-state index contributed by atoms with van der Waals surface area (Å²) in [7, 11) is 0. The Hall–Kier alpha value is -3.83. The Morgan fingerprint density at radius 1 is 1.14 bits per heavy atom. The molecule has 0 saturated heterocycles. The van der Waals surface area contributed by atoms with E-state index in [4.69, 9.17) is 0 Å². The van der Waals surface area contributed by atoms with Gasteiger partial charge in [-0.2, -0.15) is 9.78 Å². The number of hydrogen-bond acceptors (Lipinski definition) is 8. The number of amides is 1. The summed E-state index contributed by atoms with van der Waals surface area (Å²) in [6.07, 6.45) is 0. The molecule has 2 aromatic heterocycles. The summed E-state index contributed by atoms with van der Waals surface area (Å²) in [4.78, 5) is 42.7.